The number of nitrogens with zero attached hydrogens (tertiary/aromatic N) is 4. The van der Waals surface area contributed by atoms with Crippen LogP contribution in [0.1, 0.15) is 19.3 Å². The SMILES string of the molecule is Clc1ccc2[nH]c3nc(SCCN4CCCCC4)nnc3c2c1. The highest BCUT2D eigenvalue weighted by Gasteiger charge is 2.12. The Hall–Kier alpha value is -1.37. The monoisotopic (exact) mass is 347 g/mol. The molecule has 1 saturated heterocycles. The number of likely N-dealkylation sites (tertiary alicyclic amines) is 1. The van der Waals surface area contributed by atoms with E-state index < -0.39 is 0 Å². The van der Waals surface area contributed by atoms with Gasteiger partial charge in [-0.05, 0) is 44.1 Å². The Bertz CT molecular complexity index is 828. The summed E-state index contributed by atoms with van der Waals surface area (Å²) in [5.74, 6) is 0.999. The van der Waals surface area contributed by atoms with E-state index >= 15 is 0 Å². The van der Waals surface area contributed by atoms with Gasteiger partial charge in [0.05, 0.1) is 0 Å². The summed E-state index contributed by atoms with van der Waals surface area (Å²) in [5.41, 5.74) is 2.54. The van der Waals surface area contributed by atoms with Gasteiger partial charge in [0.2, 0.25) is 5.16 Å². The first-order valence-corrected chi connectivity index (χ1v) is 9.33. The van der Waals surface area contributed by atoms with E-state index in [-0.39, 0.29) is 0 Å². The molecule has 1 fully saturated rings. The maximum absolute atomic E-state index is 6.06. The molecule has 3 aromatic rings. The van der Waals surface area contributed by atoms with Crippen molar-refractivity contribution in [3.05, 3.63) is 23.2 Å². The van der Waals surface area contributed by atoms with E-state index in [1.807, 2.05) is 18.2 Å². The number of fused-ring (bicyclic) bond motifs is 3. The third kappa shape index (κ3) is 3.29. The predicted octanol–water partition coefficient (Wildman–Crippen LogP) is 3.74. The zero-order valence-corrected chi connectivity index (χ0v) is 14.3. The number of hydrogen-bond donors (Lipinski definition) is 1. The lowest BCUT2D eigenvalue weighted by Crippen LogP contribution is -2.31. The number of rotatable bonds is 4. The first-order valence-electron chi connectivity index (χ1n) is 7.96. The molecule has 0 aliphatic carbocycles. The quantitative estimate of drug-likeness (QED) is 0.728. The van der Waals surface area contributed by atoms with Gasteiger partial charge in [-0.1, -0.05) is 29.8 Å². The maximum Gasteiger partial charge on any atom is 0.211 e. The van der Waals surface area contributed by atoms with Crippen LogP contribution in [-0.2, 0) is 0 Å². The van der Waals surface area contributed by atoms with Crippen molar-refractivity contribution in [1.29, 1.82) is 0 Å². The summed E-state index contributed by atoms with van der Waals surface area (Å²) in [5, 5.41) is 11.0. The van der Waals surface area contributed by atoms with E-state index in [1.165, 1.54) is 32.4 Å². The Morgan fingerprint density at radius 3 is 2.91 bits per heavy atom. The Balaban J connectivity index is 1.49. The summed E-state index contributed by atoms with van der Waals surface area (Å²) in [7, 11) is 0. The Kier molecular flexibility index (Phi) is 4.37. The summed E-state index contributed by atoms with van der Waals surface area (Å²) in [4.78, 5) is 10.4. The Morgan fingerprint density at radius 2 is 2.04 bits per heavy atom. The molecule has 0 radical (unpaired) electrons. The first-order chi connectivity index (χ1) is 11.3. The highest BCUT2D eigenvalue weighted by Crippen LogP contribution is 2.26. The average Bonchev–Trinajstić information content (AvgIpc) is 2.93. The highest BCUT2D eigenvalue weighted by atomic mass is 35.5. The van der Waals surface area contributed by atoms with Gasteiger partial charge in [0.15, 0.2) is 5.65 Å². The second kappa shape index (κ2) is 6.63. The third-order valence-corrected chi connectivity index (χ3v) is 5.30. The minimum Gasteiger partial charge on any atom is -0.338 e. The molecule has 1 aliphatic heterocycles. The fraction of sp³-hybridized carbons (Fsp3) is 0.438. The van der Waals surface area contributed by atoms with E-state index in [0.717, 1.165) is 39.5 Å². The molecule has 0 amide bonds. The number of H-pyrrole nitrogens is 1. The molecule has 0 atom stereocenters. The number of aromatic nitrogens is 4. The summed E-state index contributed by atoms with van der Waals surface area (Å²) in [6.07, 6.45) is 4.02. The molecule has 23 heavy (non-hydrogen) atoms. The van der Waals surface area contributed by atoms with Crippen molar-refractivity contribution in [3.8, 4) is 0 Å². The van der Waals surface area contributed by atoms with Gasteiger partial charge in [0.1, 0.15) is 5.52 Å². The zero-order valence-electron chi connectivity index (χ0n) is 12.8. The molecule has 0 unspecified atom stereocenters. The van der Waals surface area contributed by atoms with Crippen LogP contribution < -0.4 is 0 Å². The van der Waals surface area contributed by atoms with E-state index in [2.05, 4.69) is 25.1 Å². The van der Waals surface area contributed by atoms with Gasteiger partial charge in [0.25, 0.3) is 0 Å². The molecule has 0 saturated carbocycles. The van der Waals surface area contributed by atoms with Crippen LogP contribution in [0.15, 0.2) is 23.4 Å². The third-order valence-electron chi connectivity index (χ3n) is 4.24. The van der Waals surface area contributed by atoms with Gasteiger partial charge in [-0.2, -0.15) is 0 Å². The van der Waals surface area contributed by atoms with Gasteiger partial charge in [0, 0.05) is 28.2 Å². The number of aromatic amines is 1. The van der Waals surface area contributed by atoms with Crippen molar-refractivity contribution in [2.24, 2.45) is 0 Å². The smallest absolute Gasteiger partial charge is 0.211 e. The van der Waals surface area contributed by atoms with Crippen LogP contribution >= 0.6 is 23.4 Å². The fourth-order valence-electron chi connectivity index (χ4n) is 3.04. The minimum absolute atomic E-state index is 0.695. The van der Waals surface area contributed by atoms with Crippen molar-refractivity contribution in [2.75, 3.05) is 25.4 Å². The van der Waals surface area contributed by atoms with E-state index in [0.29, 0.717) is 5.02 Å². The number of thioether (sulfide) groups is 1. The van der Waals surface area contributed by atoms with Crippen molar-refractivity contribution in [3.63, 3.8) is 0 Å². The largest absolute Gasteiger partial charge is 0.338 e. The van der Waals surface area contributed by atoms with Crippen LogP contribution in [0.5, 0.6) is 0 Å². The molecule has 120 valence electrons. The van der Waals surface area contributed by atoms with Crippen molar-refractivity contribution in [2.45, 2.75) is 24.4 Å². The standard InChI is InChI=1S/C16H18ClN5S/c17-11-4-5-13-12(10-11)14-15(18-13)19-16(21-20-14)23-9-8-22-6-2-1-3-7-22/h4-5,10H,1-3,6-9H2,(H,18,19,21). The van der Waals surface area contributed by atoms with E-state index in [1.54, 1.807) is 11.8 Å². The van der Waals surface area contributed by atoms with Crippen LogP contribution in [0.4, 0.5) is 0 Å². The number of benzene rings is 1. The fourth-order valence-corrected chi connectivity index (χ4v) is 4.00. The molecule has 7 heteroatoms. The molecule has 3 heterocycles. The maximum atomic E-state index is 6.06. The van der Waals surface area contributed by atoms with Gasteiger partial charge in [-0.25, -0.2) is 4.98 Å². The second-order valence-corrected chi connectivity index (χ2v) is 7.36. The molecule has 0 spiro atoms. The van der Waals surface area contributed by atoms with Gasteiger partial charge >= 0.3 is 0 Å². The molecule has 1 aliphatic rings. The normalized spacial score (nSPS) is 16.4. The van der Waals surface area contributed by atoms with Crippen molar-refractivity contribution >= 4 is 45.4 Å². The lowest BCUT2D eigenvalue weighted by Gasteiger charge is -2.25. The Morgan fingerprint density at radius 1 is 1.17 bits per heavy atom. The molecule has 4 rings (SSSR count). The number of nitrogens with one attached hydrogen (secondary N) is 1. The highest BCUT2D eigenvalue weighted by molar-refractivity contribution is 7.99. The van der Waals surface area contributed by atoms with Crippen LogP contribution in [0.2, 0.25) is 5.02 Å². The summed E-state index contributed by atoms with van der Waals surface area (Å²) in [6, 6.07) is 5.71. The lowest BCUT2D eigenvalue weighted by molar-refractivity contribution is 0.242. The molecule has 1 N–H and O–H groups in total. The van der Waals surface area contributed by atoms with Crippen LogP contribution in [-0.4, -0.2) is 50.5 Å². The topological polar surface area (TPSA) is 57.7 Å². The van der Waals surface area contributed by atoms with Gasteiger partial charge in [-0.15, -0.1) is 10.2 Å². The molecule has 5 nitrogen and oxygen atoms in total. The molecular weight excluding hydrogens is 330 g/mol. The summed E-state index contributed by atoms with van der Waals surface area (Å²) < 4.78 is 0. The summed E-state index contributed by atoms with van der Waals surface area (Å²) in [6.45, 7) is 3.54. The van der Waals surface area contributed by atoms with Crippen LogP contribution in [0.3, 0.4) is 0 Å². The first kappa shape index (κ1) is 15.2. The molecule has 0 bridgehead atoms. The van der Waals surface area contributed by atoms with Crippen molar-refractivity contribution in [1.82, 2.24) is 25.1 Å². The zero-order chi connectivity index (χ0) is 15.6. The predicted molar refractivity (Wildman–Crippen MR) is 95.2 cm³/mol. The lowest BCUT2D eigenvalue weighted by atomic mass is 10.1. The Labute approximate surface area is 143 Å². The van der Waals surface area contributed by atoms with Crippen molar-refractivity contribution < 1.29 is 0 Å². The van der Waals surface area contributed by atoms with Gasteiger partial charge < -0.3 is 9.88 Å². The minimum atomic E-state index is 0.695. The van der Waals surface area contributed by atoms with Crippen LogP contribution in [0, 0.1) is 0 Å². The molecule has 2 aromatic heterocycles. The second-order valence-electron chi connectivity index (χ2n) is 5.86. The van der Waals surface area contributed by atoms with E-state index in [9.17, 15) is 0 Å². The summed E-state index contributed by atoms with van der Waals surface area (Å²) >= 11 is 7.73. The molecular formula is C16H18ClN5S. The number of halogens is 1. The van der Waals surface area contributed by atoms with Crippen LogP contribution in [0.25, 0.3) is 22.1 Å². The number of piperidine rings is 1. The average molecular weight is 348 g/mol. The number of hydrogen-bond acceptors (Lipinski definition) is 5. The molecule has 1 aromatic carbocycles. The van der Waals surface area contributed by atoms with E-state index in [4.69, 9.17) is 11.6 Å². The van der Waals surface area contributed by atoms with Gasteiger partial charge in [-0.3, -0.25) is 0 Å².